The van der Waals surface area contributed by atoms with Crippen LogP contribution in [0.2, 0.25) is 0 Å². The molecule has 2 nitrogen and oxygen atoms in total. The second-order valence-corrected chi connectivity index (χ2v) is 3.06. The van der Waals surface area contributed by atoms with Crippen molar-refractivity contribution in [3.8, 4) is 0 Å². The van der Waals surface area contributed by atoms with Gasteiger partial charge in [0.2, 0.25) is 0 Å². The van der Waals surface area contributed by atoms with E-state index in [-0.39, 0.29) is 0 Å². The average Bonchev–Trinajstić information content (AvgIpc) is 2.25. The molecule has 1 rings (SSSR count). The first-order chi connectivity index (χ1) is 6.79. The lowest BCUT2D eigenvalue weighted by Crippen LogP contribution is -2.35. The van der Waals surface area contributed by atoms with Gasteiger partial charge in [0.25, 0.3) is 0 Å². The van der Waals surface area contributed by atoms with Crippen molar-refractivity contribution in [2.24, 2.45) is 0 Å². The highest BCUT2D eigenvalue weighted by atomic mass is 16.5. The zero-order valence-corrected chi connectivity index (χ0v) is 8.44. The highest BCUT2D eigenvalue weighted by molar-refractivity contribution is 6.60. The maximum Gasteiger partial charge on any atom is 0.491 e. The van der Waals surface area contributed by atoms with E-state index in [1.54, 1.807) is 6.08 Å². The molecule has 3 heteroatoms. The summed E-state index contributed by atoms with van der Waals surface area (Å²) in [6.07, 6.45) is 2.61. The summed E-state index contributed by atoms with van der Waals surface area (Å²) in [6, 6.07) is 7.53. The van der Waals surface area contributed by atoms with E-state index in [1.165, 1.54) is 0 Å². The SMILES string of the molecule is C=Cc1ccccc1B(O)OCCC. The van der Waals surface area contributed by atoms with Crippen LogP contribution in [0.5, 0.6) is 0 Å². The van der Waals surface area contributed by atoms with Gasteiger partial charge in [-0.2, -0.15) is 0 Å². The predicted molar refractivity (Wildman–Crippen MR) is 60.4 cm³/mol. The normalized spacial score (nSPS) is 9.86. The molecule has 14 heavy (non-hydrogen) atoms. The van der Waals surface area contributed by atoms with Gasteiger partial charge in [0, 0.05) is 6.61 Å². The summed E-state index contributed by atoms with van der Waals surface area (Å²) in [7, 11) is -0.843. The number of hydrogen-bond acceptors (Lipinski definition) is 2. The van der Waals surface area contributed by atoms with Crippen molar-refractivity contribution in [1.82, 2.24) is 0 Å². The fourth-order valence-corrected chi connectivity index (χ4v) is 1.24. The van der Waals surface area contributed by atoms with E-state index in [2.05, 4.69) is 6.58 Å². The van der Waals surface area contributed by atoms with Gasteiger partial charge in [0.1, 0.15) is 0 Å². The summed E-state index contributed by atoms with van der Waals surface area (Å²) in [4.78, 5) is 0. The summed E-state index contributed by atoms with van der Waals surface area (Å²) in [6.45, 7) is 6.26. The van der Waals surface area contributed by atoms with Crippen molar-refractivity contribution < 1.29 is 9.68 Å². The van der Waals surface area contributed by atoms with E-state index in [0.717, 1.165) is 17.4 Å². The highest BCUT2D eigenvalue weighted by Crippen LogP contribution is 1.99. The topological polar surface area (TPSA) is 29.5 Å². The Labute approximate surface area is 85.4 Å². The number of rotatable bonds is 5. The van der Waals surface area contributed by atoms with Crippen molar-refractivity contribution in [1.29, 1.82) is 0 Å². The zero-order valence-electron chi connectivity index (χ0n) is 8.44. The fourth-order valence-electron chi connectivity index (χ4n) is 1.24. The van der Waals surface area contributed by atoms with Gasteiger partial charge < -0.3 is 9.68 Å². The minimum atomic E-state index is -0.843. The second kappa shape index (κ2) is 5.63. The Morgan fingerprint density at radius 3 is 2.86 bits per heavy atom. The monoisotopic (exact) mass is 190 g/mol. The molecule has 0 heterocycles. The first-order valence-electron chi connectivity index (χ1n) is 4.80. The second-order valence-electron chi connectivity index (χ2n) is 3.06. The van der Waals surface area contributed by atoms with Gasteiger partial charge in [-0.1, -0.05) is 43.8 Å². The van der Waals surface area contributed by atoms with E-state index in [0.29, 0.717) is 6.61 Å². The van der Waals surface area contributed by atoms with Crippen LogP contribution in [0.15, 0.2) is 30.8 Å². The first kappa shape index (κ1) is 11.0. The van der Waals surface area contributed by atoms with Gasteiger partial charge in [0.05, 0.1) is 0 Å². The van der Waals surface area contributed by atoms with Crippen LogP contribution < -0.4 is 5.46 Å². The largest absolute Gasteiger partial charge is 0.491 e. The van der Waals surface area contributed by atoms with E-state index in [4.69, 9.17) is 4.65 Å². The van der Waals surface area contributed by atoms with Crippen LogP contribution >= 0.6 is 0 Å². The lowest BCUT2D eigenvalue weighted by atomic mass is 9.76. The third-order valence-electron chi connectivity index (χ3n) is 1.96. The molecule has 0 atom stereocenters. The molecule has 1 N–H and O–H groups in total. The smallest absolute Gasteiger partial charge is 0.423 e. The van der Waals surface area contributed by atoms with Gasteiger partial charge in [0.15, 0.2) is 0 Å². The molecule has 1 aromatic rings. The summed E-state index contributed by atoms with van der Waals surface area (Å²) >= 11 is 0. The van der Waals surface area contributed by atoms with Crippen molar-refractivity contribution in [2.45, 2.75) is 13.3 Å². The van der Waals surface area contributed by atoms with Crippen molar-refractivity contribution in [3.05, 3.63) is 36.4 Å². The van der Waals surface area contributed by atoms with E-state index in [1.807, 2.05) is 31.2 Å². The van der Waals surface area contributed by atoms with Gasteiger partial charge in [-0.25, -0.2) is 0 Å². The molecule has 0 aliphatic carbocycles. The van der Waals surface area contributed by atoms with Crippen LogP contribution in [0.25, 0.3) is 6.08 Å². The average molecular weight is 190 g/mol. The van der Waals surface area contributed by atoms with Crippen LogP contribution in [0.1, 0.15) is 18.9 Å². The van der Waals surface area contributed by atoms with Gasteiger partial charge in [-0.15, -0.1) is 0 Å². The molecule has 0 spiro atoms. The molecule has 74 valence electrons. The van der Waals surface area contributed by atoms with Crippen molar-refractivity contribution >= 4 is 18.7 Å². The van der Waals surface area contributed by atoms with Crippen LogP contribution in [0, 0.1) is 0 Å². The highest BCUT2D eigenvalue weighted by Gasteiger charge is 2.17. The molecular weight excluding hydrogens is 175 g/mol. The molecule has 0 aromatic heterocycles. The molecule has 0 saturated heterocycles. The molecule has 0 fully saturated rings. The van der Waals surface area contributed by atoms with Crippen LogP contribution in [-0.4, -0.2) is 18.7 Å². The quantitative estimate of drug-likeness (QED) is 0.712. The molecule has 0 saturated carbocycles. The maximum absolute atomic E-state index is 9.69. The molecule has 1 aromatic carbocycles. The van der Waals surface area contributed by atoms with E-state index in [9.17, 15) is 5.02 Å². The summed E-state index contributed by atoms with van der Waals surface area (Å²) in [5.74, 6) is 0. The Morgan fingerprint density at radius 2 is 2.21 bits per heavy atom. The van der Waals surface area contributed by atoms with Crippen LogP contribution in [0.3, 0.4) is 0 Å². The lowest BCUT2D eigenvalue weighted by Gasteiger charge is -2.09. The predicted octanol–water partition coefficient (Wildman–Crippen LogP) is 1.44. The van der Waals surface area contributed by atoms with Crippen molar-refractivity contribution in [3.63, 3.8) is 0 Å². The molecule has 0 unspecified atom stereocenters. The van der Waals surface area contributed by atoms with Crippen molar-refractivity contribution in [2.75, 3.05) is 6.61 Å². The molecule has 0 radical (unpaired) electrons. The molecular formula is C11H15BO2. The zero-order chi connectivity index (χ0) is 10.4. The Morgan fingerprint density at radius 1 is 1.50 bits per heavy atom. The van der Waals surface area contributed by atoms with E-state index < -0.39 is 7.12 Å². The number of benzene rings is 1. The van der Waals surface area contributed by atoms with Gasteiger partial charge in [-0.3, -0.25) is 0 Å². The Kier molecular flexibility index (Phi) is 4.43. The third kappa shape index (κ3) is 2.72. The van der Waals surface area contributed by atoms with E-state index >= 15 is 0 Å². The Balaban J connectivity index is 2.77. The number of hydrogen-bond donors (Lipinski definition) is 1. The summed E-state index contributed by atoms with van der Waals surface area (Å²) in [5.41, 5.74) is 1.69. The fraction of sp³-hybridized carbons (Fsp3) is 0.273. The van der Waals surface area contributed by atoms with Gasteiger partial charge in [-0.05, 0) is 17.4 Å². The van der Waals surface area contributed by atoms with Crippen LogP contribution in [-0.2, 0) is 4.65 Å². The minimum Gasteiger partial charge on any atom is -0.423 e. The Hall–Kier alpha value is -1.06. The summed E-state index contributed by atoms with van der Waals surface area (Å²) < 4.78 is 5.23. The molecule has 0 aliphatic heterocycles. The lowest BCUT2D eigenvalue weighted by molar-refractivity contribution is 0.270. The maximum atomic E-state index is 9.69. The molecule has 0 amide bonds. The third-order valence-corrected chi connectivity index (χ3v) is 1.96. The molecule has 0 bridgehead atoms. The Bertz CT molecular complexity index is 299. The summed E-state index contributed by atoms with van der Waals surface area (Å²) in [5, 5.41) is 9.69. The van der Waals surface area contributed by atoms with Gasteiger partial charge >= 0.3 is 7.12 Å². The molecule has 0 aliphatic rings. The standard InChI is InChI=1S/C11H15BO2/c1-3-9-14-12(13)11-8-6-5-7-10(11)4-2/h4-8,13H,2-3,9H2,1H3. The van der Waals surface area contributed by atoms with Crippen LogP contribution in [0.4, 0.5) is 0 Å². The minimum absolute atomic E-state index is 0.562. The first-order valence-corrected chi connectivity index (χ1v) is 4.80.